The van der Waals surface area contributed by atoms with E-state index in [9.17, 15) is 0 Å². The molecule has 2 N–H and O–H groups in total. The van der Waals surface area contributed by atoms with Crippen molar-refractivity contribution in [2.75, 3.05) is 47.0 Å². The third-order valence-electron chi connectivity index (χ3n) is 4.96. The number of rotatable bonds is 10. The Morgan fingerprint density at radius 2 is 2.07 bits per heavy atom. The number of aliphatic imine (C=N–C) groups is 1. The summed E-state index contributed by atoms with van der Waals surface area (Å²) in [7, 11) is 3.42. The van der Waals surface area contributed by atoms with Crippen LogP contribution in [0.2, 0.25) is 0 Å². The largest absolute Gasteiger partial charge is 0.475 e. The van der Waals surface area contributed by atoms with Crippen molar-refractivity contribution in [3.8, 4) is 5.88 Å². The normalized spacial score (nSPS) is 15.5. The minimum Gasteiger partial charge on any atom is -0.475 e. The van der Waals surface area contributed by atoms with Crippen molar-refractivity contribution in [2.24, 2.45) is 4.99 Å². The van der Waals surface area contributed by atoms with Crippen molar-refractivity contribution in [3.05, 3.63) is 48.0 Å². The van der Waals surface area contributed by atoms with E-state index in [2.05, 4.69) is 25.5 Å². The molecule has 0 aromatic carbocycles. The standard InChI is InChI=1S/C21H31N5O3.HI/c1-22-21(24-15-17-7-5-9-23-20(17)29-14-13-27-2)25-16-18(19-8-6-12-28-19)26-10-3-4-11-26;/h5-9,12,18H,3-4,10-11,13-16H2,1-2H3,(H2,22,24,25);1H. The van der Waals surface area contributed by atoms with Gasteiger partial charge in [0.15, 0.2) is 5.96 Å². The summed E-state index contributed by atoms with van der Waals surface area (Å²) in [6.45, 7) is 4.46. The van der Waals surface area contributed by atoms with E-state index >= 15 is 0 Å². The Labute approximate surface area is 195 Å². The fraction of sp³-hybridized carbons (Fsp3) is 0.524. The maximum Gasteiger partial charge on any atom is 0.218 e. The van der Waals surface area contributed by atoms with Crippen LogP contribution >= 0.6 is 24.0 Å². The Kier molecular flexibility index (Phi) is 11.0. The van der Waals surface area contributed by atoms with Crippen LogP contribution in [0.4, 0.5) is 0 Å². The van der Waals surface area contributed by atoms with Gasteiger partial charge in [-0.1, -0.05) is 6.07 Å². The Morgan fingerprint density at radius 3 is 2.77 bits per heavy atom. The second-order valence-electron chi connectivity index (χ2n) is 6.89. The fourth-order valence-electron chi connectivity index (χ4n) is 3.45. The van der Waals surface area contributed by atoms with Gasteiger partial charge in [-0.25, -0.2) is 4.98 Å². The van der Waals surface area contributed by atoms with Gasteiger partial charge in [-0.2, -0.15) is 0 Å². The van der Waals surface area contributed by atoms with Gasteiger partial charge in [-0.15, -0.1) is 24.0 Å². The summed E-state index contributed by atoms with van der Waals surface area (Å²) in [5.74, 6) is 2.32. The molecular weight excluding hydrogens is 497 g/mol. The number of hydrogen-bond donors (Lipinski definition) is 2. The number of furan rings is 1. The van der Waals surface area contributed by atoms with E-state index in [1.165, 1.54) is 12.8 Å². The van der Waals surface area contributed by atoms with Crippen LogP contribution in [0.15, 0.2) is 46.1 Å². The van der Waals surface area contributed by atoms with Crippen LogP contribution in [-0.4, -0.2) is 62.8 Å². The van der Waals surface area contributed by atoms with Crippen LogP contribution in [0.25, 0.3) is 0 Å². The topological polar surface area (TPSA) is 84.2 Å². The third kappa shape index (κ3) is 7.13. The molecule has 1 atom stereocenters. The van der Waals surface area contributed by atoms with Gasteiger partial charge in [0.1, 0.15) is 12.4 Å². The van der Waals surface area contributed by atoms with E-state index < -0.39 is 0 Å². The first-order valence-electron chi connectivity index (χ1n) is 10.1. The number of methoxy groups -OCH3 is 1. The van der Waals surface area contributed by atoms with E-state index in [0.717, 1.165) is 36.9 Å². The second-order valence-corrected chi connectivity index (χ2v) is 6.89. The molecule has 1 saturated heterocycles. The van der Waals surface area contributed by atoms with Gasteiger partial charge < -0.3 is 24.5 Å². The summed E-state index contributed by atoms with van der Waals surface area (Å²) < 4.78 is 16.4. The summed E-state index contributed by atoms with van der Waals surface area (Å²) in [4.78, 5) is 11.1. The molecule has 166 valence electrons. The Morgan fingerprint density at radius 1 is 1.23 bits per heavy atom. The smallest absolute Gasteiger partial charge is 0.218 e. The average Bonchev–Trinajstić information content (AvgIpc) is 3.46. The van der Waals surface area contributed by atoms with Gasteiger partial charge in [0, 0.05) is 39.0 Å². The first kappa shape index (κ1) is 24.4. The zero-order valence-electron chi connectivity index (χ0n) is 17.7. The summed E-state index contributed by atoms with van der Waals surface area (Å²) in [6, 6.07) is 8.07. The molecular formula is C21H32IN5O3. The van der Waals surface area contributed by atoms with Crippen LogP contribution in [0, 0.1) is 0 Å². The second kappa shape index (κ2) is 13.5. The van der Waals surface area contributed by atoms with Crippen molar-refractivity contribution in [1.82, 2.24) is 20.5 Å². The SMILES string of the molecule is CN=C(NCc1cccnc1OCCOC)NCC(c1ccco1)N1CCCC1.I. The fourth-order valence-corrected chi connectivity index (χ4v) is 3.45. The highest BCUT2D eigenvalue weighted by atomic mass is 127. The zero-order chi connectivity index (χ0) is 20.3. The third-order valence-corrected chi connectivity index (χ3v) is 4.96. The van der Waals surface area contributed by atoms with Crippen LogP contribution in [-0.2, 0) is 11.3 Å². The number of nitrogens with one attached hydrogen (secondary N) is 2. The number of pyridine rings is 1. The molecule has 0 aliphatic carbocycles. The molecule has 3 heterocycles. The average molecular weight is 529 g/mol. The molecule has 3 rings (SSSR count). The first-order chi connectivity index (χ1) is 14.3. The number of halogens is 1. The van der Waals surface area contributed by atoms with Crippen molar-refractivity contribution < 1.29 is 13.9 Å². The molecule has 1 fully saturated rings. The highest BCUT2D eigenvalue weighted by molar-refractivity contribution is 14.0. The minimum absolute atomic E-state index is 0. The highest BCUT2D eigenvalue weighted by Crippen LogP contribution is 2.24. The van der Waals surface area contributed by atoms with Crippen molar-refractivity contribution >= 4 is 29.9 Å². The van der Waals surface area contributed by atoms with E-state index in [4.69, 9.17) is 13.9 Å². The highest BCUT2D eigenvalue weighted by Gasteiger charge is 2.25. The van der Waals surface area contributed by atoms with Gasteiger partial charge in [0.25, 0.3) is 0 Å². The number of guanidine groups is 1. The summed E-state index contributed by atoms with van der Waals surface area (Å²) in [6.07, 6.45) is 5.93. The van der Waals surface area contributed by atoms with Gasteiger partial charge in [-0.05, 0) is 44.1 Å². The van der Waals surface area contributed by atoms with Crippen molar-refractivity contribution in [3.63, 3.8) is 0 Å². The lowest BCUT2D eigenvalue weighted by Crippen LogP contribution is -2.42. The number of hydrogen-bond acceptors (Lipinski definition) is 6. The predicted octanol–water partition coefficient (Wildman–Crippen LogP) is 2.82. The van der Waals surface area contributed by atoms with E-state index in [0.29, 0.717) is 25.6 Å². The molecule has 1 unspecified atom stereocenters. The zero-order valence-corrected chi connectivity index (χ0v) is 20.0. The number of ether oxygens (including phenoxy) is 2. The molecule has 0 spiro atoms. The molecule has 0 radical (unpaired) electrons. The lowest BCUT2D eigenvalue weighted by molar-refractivity contribution is 0.143. The molecule has 1 aliphatic rings. The molecule has 0 saturated carbocycles. The summed E-state index contributed by atoms with van der Waals surface area (Å²) in [5, 5.41) is 6.78. The molecule has 2 aromatic heterocycles. The van der Waals surface area contributed by atoms with Crippen LogP contribution in [0.3, 0.4) is 0 Å². The summed E-state index contributed by atoms with van der Waals surface area (Å²) in [5.41, 5.74) is 0.966. The maximum atomic E-state index is 5.70. The van der Waals surface area contributed by atoms with Crippen LogP contribution < -0.4 is 15.4 Å². The monoisotopic (exact) mass is 529 g/mol. The lowest BCUT2D eigenvalue weighted by Gasteiger charge is -2.26. The molecule has 30 heavy (non-hydrogen) atoms. The molecule has 9 heteroatoms. The molecule has 0 bridgehead atoms. The van der Waals surface area contributed by atoms with Gasteiger partial charge in [-0.3, -0.25) is 9.89 Å². The number of likely N-dealkylation sites (tertiary alicyclic amines) is 1. The van der Waals surface area contributed by atoms with Crippen LogP contribution in [0.1, 0.15) is 30.2 Å². The maximum absolute atomic E-state index is 5.70. The first-order valence-corrected chi connectivity index (χ1v) is 10.1. The predicted molar refractivity (Wildman–Crippen MR) is 127 cm³/mol. The molecule has 1 aliphatic heterocycles. The lowest BCUT2D eigenvalue weighted by atomic mass is 10.2. The van der Waals surface area contributed by atoms with Crippen molar-refractivity contribution in [1.29, 1.82) is 0 Å². The Bertz CT molecular complexity index is 751. The molecule has 2 aromatic rings. The summed E-state index contributed by atoms with van der Waals surface area (Å²) >= 11 is 0. The quantitative estimate of drug-likeness (QED) is 0.212. The van der Waals surface area contributed by atoms with E-state index in [-0.39, 0.29) is 30.0 Å². The Balaban J connectivity index is 0.00000320. The van der Waals surface area contributed by atoms with Gasteiger partial charge in [0.05, 0.1) is 18.9 Å². The van der Waals surface area contributed by atoms with E-state index in [1.54, 1.807) is 26.6 Å². The van der Waals surface area contributed by atoms with Gasteiger partial charge >= 0.3 is 0 Å². The molecule has 0 amide bonds. The number of aromatic nitrogens is 1. The van der Waals surface area contributed by atoms with E-state index in [1.807, 2.05) is 24.3 Å². The Hall–Kier alpha value is -1.85. The number of nitrogens with zero attached hydrogens (tertiary/aromatic N) is 3. The molecule has 8 nitrogen and oxygen atoms in total. The van der Waals surface area contributed by atoms with Crippen LogP contribution in [0.5, 0.6) is 5.88 Å². The van der Waals surface area contributed by atoms with Gasteiger partial charge in [0.2, 0.25) is 5.88 Å². The minimum atomic E-state index is 0. The van der Waals surface area contributed by atoms with Crippen molar-refractivity contribution in [2.45, 2.75) is 25.4 Å².